The Hall–Kier alpha value is -2.16. The molecule has 0 aromatic carbocycles. The van der Waals surface area contributed by atoms with Crippen LogP contribution in [-0.2, 0) is 6.18 Å². The van der Waals surface area contributed by atoms with Crippen molar-refractivity contribution < 1.29 is 23.1 Å². The van der Waals surface area contributed by atoms with E-state index in [0.29, 0.717) is 16.1 Å². The summed E-state index contributed by atoms with van der Waals surface area (Å²) < 4.78 is 39.1. The molecule has 10 heteroatoms. The van der Waals surface area contributed by atoms with E-state index >= 15 is 0 Å². The number of nitrogens with zero attached hydrogens (tertiary/aromatic N) is 4. The summed E-state index contributed by atoms with van der Waals surface area (Å²) >= 11 is 5.71. The SMILES string of the molecule is Cc1cc(C)nc(-n2nc(C(F)(F)F)c(C(=O)O)c2Cl)n1. The highest BCUT2D eigenvalue weighted by atomic mass is 35.5. The van der Waals surface area contributed by atoms with Gasteiger partial charge in [0, 0.05) is 11.4 Å². The normalized spacial score (nSPS) is 11.7. The minimum atomic E-state index is -4.96. The Labute approximate surface area is 121 Å². The van der Waals surface area contributed by atoms with Gasteiger partial charge in [0.2, 0.25) is 0 Å². The number of halogens is 4. The van der Waals surface area contributed by atoms with Crippen molar-refractivity contribution in [2.45, 2.75) is 20.0 Å². The first kappa shape index (κ1) is 15.2. The van der Waals surface area contributed by atoms with Crippen molar-refractivity contribution in [1.29, 1.82) is 0 Å². The molecule has 0 aliphatic heterocycles. The molecule has 0 saturated heterocycles. The number of hydrogen-bond donors (Lipinski definition) is 1. The smallest absolute Gasteiger partial charge is 0.436 e. The average Bonchev–Trinajstić information content (AvgIpc) is 2.65. The molecular formula is C11H8ClF3N4O2. The number of aromatic nitrogens is 4. The molecule has 0 aliphatic rings. The van der Waals surface area contributed by atoms with Gasteiger partial charge in [-0.25, -0.2) is 14.8 Å². The molecule has 0 amide bonds. The molecule has 2 aromatic heterocycles. The van der Waals surface area contributed by atoms with Crippen molar-refractivity contribution in [1.82, 2.24) is 19.7 Å². The zero-order valence-corrected chi connectivity index (χ0v) is 11.5. The standard InChI is InChI=1S/C11H8ClF3N4O2/c1-4-3-5(2)17-10(16-4)19-8(12)6(9(20)21)7(18-19)11(13,14)15/h3H,1-2H3,(H,20,21). The summed E-state index contributed by atoms with van der Waals surface area (Å²) in [6.45, 7) is 3.22. The summed E-state index contributed by atoms with van der Waals surface area (Å²) in [6.07, 6.45) is -4.96. The third kappa shape index (κ3) is 2.82. The number of aryl methyl sites for hydroxylation is 2. The number of alkyl halides is 3. The Kier molecular flexibility index (Phi) is 3.62. The maximum absolute atomic E-state index is 12.8. The van der Waals surface area contributed by atoms with Gasteiger partial charge in [0.1, 0.15) is 5.56 Å². The second-order valence-electron chi connectivity index (χ2n) is 4.18. The van der Waals surface area contributed by atoms with Crippen molar-refractivity contribution in [2.24, 2.45) is 0 Å². The lowest BCUT2D eigenvalue weighted by Crippen LogP contribution is -2.12. The van der Waals surface area contributed by atoms with Crippen LogP contribution in [0.15, 0.2) is 6.07 Å². The predicted molar refractivity (Wildman–Crippen MR) is 65.6 cm³/mol. The monoisotopic (exact) mass is 320 g/mol. The van der Waals surface area contributed by atoms with Gasteiger partial charge in [-0.3, -0.25) is 0 Å². The Morgan fingerprint density at radius 3 is 2.19 bits per heavy atom. The fourth-order valence-electron chi connectivity index (χ4n) is 1.72. The Morgan fingerprint density at radius 1 is 1.29 bits per heavy atom. The van der Waals surface area contributed by atoms with Crippen LogP contribution in [0.1, 0.15) is 27.4 Å². The molecule has 21 heavy (non-hydrogen) atoms. The molecule has 6 nitrogen and oxygen atoms in total. The van der Waals surface area contributed by atoms with Crippen LogP contribution in [-0.4, -0.2) is 30.8 Å². The third-order valence-electron chi connectivity index (χ3n) is 2.47. The van der Waals surface area contributed by atoms with Gasteiger partial charge >= 0.3 is 12.1 Å². The second-order valence-corrected chi connectivity index (χ2v) is 4.54. The number of hydrogen-bond acceptors (Lipinski definition) is 4. The minimum Gasteiger partial charge on any atom is -0.478 e. The lowest BCUT2D eigenvalue weighted by Gasteiger charge is -2.04. The van der Waals surface area contributed by atoms with E-state index in [-0.39, 0.29) is 5.95 Å². The van der Waals surface area contributed by atoms with Crippen LogP contribution in [0, 0.1) is 13.8 Å². The van der Waals surface area contributed by atoms with E-state index in [1.54, 1.807) is 19.9 Å². The first-order valence-electron chi connectivity index (χ1n) is 5.53. The van der Waals surface area contributed by atoms with Gasteiger partial charge < -0.3 is 5.11 Å². The van der Waals surface area contributed by atoms with Crippen molar-refractivity contribution in [3.63, 3.8) is 0 Å². The van der Waals surface area contributed by atoms with E-state index in [1.807, 2.05) is 0 Å². The molecule has 0 aliphatic carbocycles. The molecule has 2 rings (SSSR count). The highest BCUT2D eigenvalue weighted by molar-refractivity contribution is 6.32. The van der Waals surface area contributed by atoms with Crippen LogP contribution in [0.25, 0.3) is 5.95 Å². The van der Waals surface area contributed by atoms with Crippen molar-refractivity contribution in [3.8, 4) is 5.95 Å². The quantitative estimate of drug-likeness (QED) is 0.920. The molecule has 112 valence electrons. The third-order valence-corrected chi connectivity index (χ3v) is 2.82. The maximum atomic E-state index is 12.8. The van der Waals surface area contributed by atoms with Gasteiger partial charge in [-0.2, -0.15) is 23.0 Å². The van der Waals surface area contributed by atoms with Crippen molar-refractivity contribution >= 4 is 17.6 Å². The number of carboxylic acids is 1. The van der Waals surface area contributed by atoms with Crippen LogP contribution < -0.4 is 0 Å². The van der Waals surface area contributed by atoms with E-state index in [2.05, 4.69) is 15.1 Å². The highest BCUT2D eigenvalue weighted by Gasteiger charge is 2.42. The summed E-state index contributed by atoms with van der Waals surface area (Å²) in [5.41, 5.74) is -1.77. The highest BCUT2D eigenvalue weighted by Crippen LogP contribution is 2.35. The molecule has 0 spiro atoms. The van der Waals surface area contributed by atoms with Gasteiger partial charge in [0.15, 0.2) is 10.8 Å². The lowest BCUT2D eigenvalue weighted by molar-refractivity contribution is -0.141. The molecule has 2 aromatic rings. The Bertz CT molecular complexity index is 707. The maximum Gasteiger partial charge on any atom is 0.436 e. The van der Waals surface area contributed by atoms with Crippen molar-refractivity contribution in [3.05, 3.63) is 33.9 Å². The fraction of sp³-hybridized carbons (Fsp3) is 0.273. The first-order valence-corrected chi connectivity index (χ1v) is 5.90. The van der Waals surface area contributed by atoms with Gasteiger partial charge in [-0.15, -0.1) is 0 Å². The van der Waals surface area contributed by atoms with E-state index in [9.17, 15) is 18.0 Å². The number of carboxylic acid groups (broad SMARTS) is 1. The minimum absolute atomic E-state index is 0.226. The van der Waals surface area contributed by atoms with Crippen molar-refractivity contribution in [2.75, 3.05) is 0 Å². The van der Waals surface area contributed by atoms with E-state index < -0.39 is 28.6 Å². The number of rotatable bonds is 2. The van der Waals surface area contributed by atoms with Gasteiger partial charge in [-0.05, 0) is 19.9 Å². The molecular weight excluding hydrogens is 313 g/mol. The van der Waals surface area contributed by atoms with E-state index in [1.165, 1.54) is 0 Å². The van der Waals surface area contributed by atoms with E-state index in [0.717, 1.165) is 0 Å². The molecule has 0 unspecified atom stereocenters. The van der Waals surface area contributed by atoms with Crippen LogP contribution in [0.5, 0.6) is 0 Å². The second kappa shape index (κ2) is 4.99. The summed E-state index contributed by atoms with van der Waals surface area (Å²) in [6, 6.07) is 1.60. The zero-order chi connectivity index (χ0) is 15.9. The van der Waals surface area contributed by atoms with Crippen LogP contribution >= 0.6 is 11.6 Å². The summed E-state index contributed by atoms with van der Waals surface area (Å²) in [4.78, 5) is 18.8. The van der Waals surface area contributed by atoms with Gasteiger partial charge in [-0.1, -0.05) is 11.6 Å². The molecule has 1 N–H and O–H groups in total. The van der Waals surface area contributed by atoms with E-state index in [4.69, 9.17) is 16.7 Å². The zero-order valence-electron chi connectivity index (χ0n) is 10.7. The summed E-state index contributed by atoms with van der Waals surface area (Å²) in [5.74, 6) is -2.06. The lowest BCUT2D eigenvalue weighted by atomic mass is 10.2. The van der Waals surface area contributed by atoms with Crippen LogP contribution in [0.4, 0.5) is 13.2 Å². The average molecular weight is 321 g/mol. The first-order chi connectivity index (χ1) is 9.61. The molecule has 0 saturated carbocycles. The number of carbonyl (C=O) groups is 1. The summed E-state index contributed by atoms with van der Waals surface area (Å²) in [7, 11) is 0. The topological polar surface area (TPSA) is 80.9 Å². The largest absolute Gasteiger partial charge is 0.478 e. The van der Waals surface area contributed by atoms with Crippen LogP contribution in [0.2, 0.25) is 5.15 Å². The van der Waals surface area contributed by atoms with Crippen LogP contribution in [0.3, 0.4) is 0 Å². The molecule has 2 heterocycles. The molecule has 0 fully saturated rings. The summed E-state index contributed by atoms with van der Waals surface area (Å²) in [5, 5.41) is 11.4. The molecule has 0 bridgehead atoms. The van der Waals surface area contributed by atoms with Gasteiger partial charge in [0.25, 0.3) is 5.95 Å². The fourth-order valence-corrected chi connectivity index (χ4v) is 2.00. The molecule has 0 atom stereocenters. The van der Waals surface area contributed by atoms with Gasteiger partial charge in [0.05, 0.1) is 0 Å². The molecule has 0 radical (unpaired) electrons. The Balaban J connectivity index is 2.74. The number of aromatic carboxylic acids is 1. The Morgan fingerprint density at radius 2 is 1.81 bits per heavy atom. The predicted octanol–water partition coefficient (Wildman–Crippen LogP) is 2.65.